The van der Waals surface area contributed by atoms with E-state index in [2.05, 4.69) is 16.6 Å². The Morgan fingerprint density at radius 3 is 2.70 bits per heavy atom. The lowest BCUT2D eigenvalue weighted by Gasteiger charge is -2.12. The number of amides is 1. The van der Waals surface area contributed by atoms with Gasteiger partial charge < -0.3 is 4.74 Å². The normalized spacial score (nSPS) is 11.0. The van der Waals surface area contributed by atoms with Crippen LogP contribution in [0.1, 0.15) is 26.4 Å². The molecule has 4 aromatic carbocycles. The fraction of sp³-hybridized carbons (Fsp3) is 0.0357. The second kappa shape index (κ2) is 10.3. The molecule has 0 bridgehead atoms. The molecule has 0 atom stereocenters. The highest BCUT2D eigenvalue weighted by atomic mass is 32.1. The molecule has 37 heavy (non-hydrogen) atoms. The zero-order valence-electron chi connectivity index (χ0n) is 19.3. The van der Waals surface area contributed by atoms with Gasteiger partial charge in [0, 0.05) is 33.3 Å². The minimum absolute atomic E-state index is 0.0313. The molecule has 0 fully saturated rings. The highest BCUT2D eigenvalue weighted by Crippen LogP contribution is 2.30. The number of benzene rings is 4. The molecule has 1 N–H and O–H groups in total. The van der Waals surface area contributed by atoms with Crippen LogP contribution in [0.5, 0.6) is 5.75 Å². The Labute approximate surface area is 215 Å². The van der Waals surface area contributed by atoms with Crippen LogP contribution in [0.2, 0.25) is 0 Å². The maximum Gasteiger partial charge on any atom is 0.281 e. The van der Waals surface area contributed by atoms with Crippen molar-refractivity contribution in [2.24, 2.45) is 5.10 Å². The molecule has 1 aromatic heterocycles. The number of hydrogen-bond donors (Lipinski definition) is 1. The van der Waals surface area contributed by atoms with Crippen LogP contribution in [0.4, 0.5) is 5.69 Å². The molecule has 5 aromatic rings. The molecule has 0 aliphatic carbocycles. The fourth-order valence-corrected chi connectivity index (χ4v) is 4.85. The van der Waals surface area contributed by atoms with E-state index in [0.29, 0.717) is 27.1 Å². The largest absolute Gasteiger partial charge is 0.488 e. The molecular formula is C28H18N4O4S. The van der Waals surface area contributed by atoms with E-state index in [1.165, 1.54) is 29.7 Å². The van der Waals surface area contributed by atoms with E-state index < -0.39 is 10.8 Å². The van der Waals surface area contributed by atoms with Crippen LogP contribution in [0.3, 0.4) is 0 Å². The predicted octanol–water partition coefficient (Wildman–Crippen LogP) is 6.18. The number of nitro groups is 1. The summed E-state index contributed by atoms with van der Waals surface area (Å²) in [6.07, 6.45) is 1.53. The van der Waals surface area contributed by atoms with Gasteiger partial charge in [-0.3, -0.25) is 14.9 Å². The van der Waals surface area contributed by atoms with Crippen LogP contribution in [0.25, 0.3) is 20.9 Å². The second-order valence-electron chi connectivity index (χ2n) is 8.05. The number of ether oxygens (including phenoxy) is 1. The fourth-order valence-electron chi connectivity index (χ4n) is 3.91. The molecule has 1 amide bonds. The van der Waals surface area contributed by atoms with Crippen LogP contribution >= 0.6 is 11.3 Å². The van der Waals surface area contributed by atoms with Crippen LogP contribution in [0.15, 0.2) is 90.0 Å². The van der Waals surface area contributed by atoms with Crippen LogP contribution < -0.4 is 10.2 Å². The van der Waals surface area contributed by atoms with Gasteiger partial charge in [0.05, 0.1) is 27.6 Å². The van der Waals surface area contributed by atoms with E-state index in [0.717, 1.165) is 21.0 Å². The van der Waals surface area contributed by atoms with Gasteiger partial charge in [-0.1, -0.05) is 48.5 Å². The topological polar surface area (TPSA) is 118 Å². The SMILES string of the molecule is N#Cc1ccccc1COc1ccc2ccccc2c1/C=N\NC(=O)c1cc2cc([N+](=O)[O-])ccc2s1. The summed E-state index contributed by atoms with van der Waals surface area (Å²) in [4.78, 5) is 23.7. The number of hydrazone groups is 1. The van der Waals surface area contributed by atoms with Crippen molar-refractivity contribution in [2.75, 3.05) is 0 Å². The van der Waals surface area contributed by atoms with Gasteiger partial charge in [-0.2, -0.15) is 10.4 Å². The Morgan fingerprint density at radius 2 is 1.86 bits per heavy atom. The number of hydrogen-bond acceptors (Lipinski definition) is 7. The number of nitrogens with one attached hydrogen (secondary N) is 1. The first-order chi connectivity index (χ1) is 18.0. The van der Waals surface area contributed by atoms with Crippen LogP contribution in [-0.2, 0) is 6.61 Å². The average molecular weight is 507 g/mol. The molecule has 0 unspecified atom stereocenters. The Hall–Kier alpha value is -5.07. The van der Waals surface area contributed by atoms with Crippen molar-refractivity contribution in [3.8, 4) is 11.8 Å². The number of non-ortho nitro benzene ring substituents is 1. The lowest BCUT2D eigenvalue weighted by Crippen LogP contribution is -2.16. The summed E-state index contributed by atoms with van der Waals surface area (Å²) in [5.74, 6) is 0.129. The number of nitrogens with zero attached hydrogens (tertiary/aromatic N) is 3. The van der Waals surface area contributed by atoms with Gasteiger partial charge >= 0.3 is 0 Å². The smallest absolute Gasteiger partial charge is 0.281 e. The number of thiophene rings is 1. The van der Waals surface area contributed by atoms with Crippen molar-refractivity contribution in [2.45, 2.75) is 6.61 Å². The van der Waals surface area contributed by atoms with E-state index in [-0.39, 0.29) is 12.3 Å². The van der Waals surface area contributed by atoms with E-state index >= 15 is 0 Å². The standard InChI is InChI=1S/C28H18N4O4S/c29-15-19-6-1-2-7-20(19)17-36-25-11-9-18-5-3-4-8-23(18)24(25)16-30-31-28(33)27-14-21-13-22(32(34)35)10-12-26(21)37-27/h1-14,16H,17H2,(H,31,33)/b30-16-. The van der Waals surface area contributed by atoms with E-state index in [1.807, 2.05) is 48.5 Å². The highest BCUT2D eigenvalue weighted by Gasteiger charge is 2.14. The van der Waals surface area contributed by atoms with Gasteiger partial charge in [0.15, 0.2) is 0 Å². The summed E-state index contributed by atoms with van der Waals surface area (Å²) >= 11 is 1.23. The van der Waals surface area contributed by atoms with Gasteiger partial charge in [-0.05, 0) is 35.0 Å². The third-order valence-electron chi connectivity index (χ3n) is 5.75. The Bertz CT molecular complexity index is 1740. The van der Waals surface area contributed by atoms with Crippen molar-refractivity contribution in [3.63, 3.8) is 0 Å². The summed E-state index contributed by atoms with van der Waals surface area (Å²) in [5, 5.41) is 27.1. The van der Waals surface area contributed by atoms with Gasteiger partial charge in [0.25, 0.3) is 11.6 Å². The monoisotopic (exact) mass is 506 g/mol. The molecule has 0 spiro atoms. The number of nitriles is 1. The molecule has 9 heteroatoms. The van der Waals surface area contributed by atoms with Crippen molar-refractivity contribution >= 4 is 50.0 Å². The van der Waals surface area contributed by atoms with Crippen molar-refractivity contribution < 1.29 is 14.5 Å². The zero-order valence-corrected chi connectivity index (χ0v) is 20.1. The molecule has 8 nitrogen and oxygen atoms in total. The first-order valence-electron chi connectivity index (χ1n) is 11.2. The van der Waals surface area contributed by atoms with Crippen molar-refractivity contribution in [1.82, 2.24) is 5.43 Å². The maximum absolute atomic E-state index is 12.7. The summed E-state index contributed by atoms with van der Waals surface area (Å²) in [6.45, 7) is 0.198. The number of carbonyl (C=O) groups excluding carboxylic acids is 1. The van der Waals surface area contributed by atoms with Crippen molar-refractivity contribution in [3.05, 3.63) is 117 Å². The van der Waals surface area contributed by atoms with E-state index in [1.54, 1.807) is 24.3 Å². The molecule has 0 aliphatic rings. The molecule has 0 radical (unpaired) electrons. The Morgan fingerprint density at radius 1 is 1.05 bits per heavy atom. The van der Waals surface area contributed by atoms with E-state index in [4.69, 9.17) is 4.74 Å². The van der Waals surface area contributed by atoms with Crippen LogP contribution in [0, 0.1) is 21.4 Å². The number of fused-ring (bicyclic) bond motifs is 2. The van der Waals surface area contributed by atoms with Crippen LogP contribution in [-0.4, -0.2) is 17.0 Å². The lowest BCUT2D eigenvalue weighted by molar-refractivity contribution is -0.384. The number of nitro benzene ring substituents is 1. The summed E-state index contributed by atoms with van der Waals surface area (Å²) in [5.41, 5.74) is 4.49. The second-order valence-corrected chi connectivity index (χ2v) is 9.13. The van der Waals surface area contributed by atoms with Gasteiger partial charge in [0.2, 0.25) is 0 Å². The van der Waals surface area contributed by atoms with Gasteiger partial charge in [-0.15, -0.1) is 11.3 Å². The number of carbonyl (C=O) groups is 1. The maximum atomic E-state index is 12.7. The highest BCUT2D eigenvalue weighted by molar-refractivity contribution is 7.20. The summed E-state index contributed by atoms with van der Waals surface area (Å²) in [7, 11) is 0. The summed E-state index contributed by atoms with van der Waals surface area (Å²) < 4.78 is 6.84. The molecule has 0 saturated carbocycles. The zero-order chi connectivity index (χ0) is 25.8. The third-order valence-corrected chi connectivity index (χ3v) is 6.86. The van der Waals surface area contributed by atoms with E-state index in [9.17, 15) is 20.2 Å². The summed E-state index contributed by atoms with van der Waals surface area (Å²) in [6, 6.07) is 27.0. The average Bonchev–Trinajstić information content (AvgIpc) is 3.36. The van der Waals surface area contributed by atoms with Crippen molar-refractivity contribution in [1.29, 1.82) is 5.26 Å². The Balaban J connectivity index is 1.39. The molecule has 0 saturated heterocycles. The molecule has 5 rings (SSSR count). The predicted molar refractivity (Wildman–Crippen MR) is 143 cm³/mol. The Kier molecular flexibility index (Phi) is 6.57. The molecular weight excluding hydrogens is 488 g/mol. The number of rotatable bonds is 7. The quantitative estimate of drug-likeness (QED) is 0.161. The first-order valence-corrected chi connectivity index (χ1v) is 12.0. The third kappa shape index (κ3) is 5.00. The van der Waals surface area contributed by atoms with Gasteiger partial charge in [0.1, 0.15) is 12.4 Å². The minimum atomic E-state index is -0.468. The molecule has 0 aliphatic heterocycles. The lowest BCUT2D eigenvalue weighted by atomic mass is 10.0. The van der Waals surface area contributed by atoms with Gasteiger partial charge in [-0.25, -0.2) is 5.43 Å². The molecule has 180 valence electrons. The first kappa shape index (κ1) is 23.7. The minimum Gasteiger partial charge on any atom is -0.488 e. The molecule has 1 heterocycles.